The standard InChI is InChI=1S/C53H80N2O11/c1-10-12-14-25-53(26-15-13-11-2)63-42-30-37(47(59)55-45(33(3)57)48(60)54-38(32-56)21-23-44(58)65-50(4,5)6)29-41(46(42)66-53)62-49(61)35-18-16-34(17-19-35)28-36-20-22-43-52(9,64-43)27-24-40-39(36)31-51(40,7)8/h16-19,28,30,33,38-43,45-46,56-57H,10-15,20-27,29,31-32H2,1-9H3,(H,54,60)(H,55,59)/t33-,38-,39+,40+,41+,42+,43?,45+,46-,52+/m0/s1. The van der Waals surface area contributed by atoms with Gasteiger partial charge in [-0.25, -0.2) is 4.79 Å². The van der Waals surface area contributed by atoms with Gasteiger partial charge < -0.3 is 44.5 Å². The van der Waals surface area contributed by atoms with Crippen LogP contribution in [0.3, 0.4) is 0 Å². The van der Waals surface area contributed by atoms with Crippen LogP contribution in [0.1, 0.15) is 181 Å². The van der Waals surface area contributed by atoms with E-state index in [1.165, 1.54) is 25.3 Å². The SMILES string of the molecule is CCCCCC1(CCCCC)O[C@@H]2[C@@H](C=C(C(=O)N[C@@H](C(=O)N[C@H](CO)CCC(=O)OC(C)(C)C)[C@H](C)O)C[C@H]2OC(=O)c2ccc(C=C3CCC4O[C@]4(C)CC[C@@H]4[C@@H]3CC4(C)C)cc2)O1. The first kappa shape index (κ1) is 51.8. The van der Waals surface area contributed by atoms with E-state index >= 15 is 0 Å². The van der Waals surface area contributed by atoms with Crippen molar-refractivity contribution in [3.8, 4) is 0 Å². The summed E-state index contributed by atoms with van der Waals surface area (Å²) in [6.07, 6.45) is 13.3. The van der Waals surface area contributed by atoms with Gasteiger partial charge in [-0.05, 0) is 127 Å². The van der Waals surface area contributed by atoms with Gasteiger partial charge in [0.15, 0.2) is 5.79 Å². The van der Waals surface area contributed by atoms with Crippen LogP contribution in [0.5, 0.6) is 0 Å². The highest BCUT2D eigenvalue weighted by atomic mass is 16.8. The van der Waals surface area contributed by atoms with E-state index in [0.717, 1.165) is 63.4 Å². The lowest BCUT2D eigenvalue weighted by Crippen LogP contribution is -2.55. The first-order valence-corrected chi connectivity index (χ1v) is 25.1. The first-order chi connectivity index (χ1) is 31.2. The van der Waals surface area contributed by atoms with Crippen molar-refractivity contribution in [3.63, 3.8) is 0 Å². The molecular formula is C53H80N2O11. The van der Waals surface area contributed by atoms with Gasteiger partial charge in [0, 0.05) is 31.3 Å². The Morgan fingerprint density at radius 1 is 0.939 bits per heavy atom. The number of carbonyl (C=O) groups is 4. The first-order valence-electron chi connectivity index (χ1n) is 25.1. The highest BCUT2D eigenvalue weighted by Gasteiger charge is 2.56. The molecule has 0 bridgehead atoms. The third-order valence-electron chi connectivity index (χ3n) is 14.7. The summed E-state index contributed by atoms with van der Waals surface area (Å²) in [6, 6.07) is 5.29. The number of hydrogen-bond donors (Lipinski definition) is 4. The molecule has 4 N–H and O–H groups in total. The molecule has 66 heavy (non-hydrogen) atoms. The van der Waals surface area contributed by atoms with Crippen molar-refractivity contribution in [1.29, 1.82) is 0 Å². The Balaban J connectivity index is 1.18. The average molecular weight is 921 g/mol. The summed E-state index contributed by atoms with van der Waals surface area (Å²) in [7, 11) is 0. The van der Waals surface area contributed by atoms with Crippen LogP contribution >= 0.6 is 0 Å². The van der Waals surface area contributed by atoms with Crippen molar-refractivity contribution >= 4 is 29.8 Å². The number of aliphatic hydroxyl groups excluding tert-OH is 2. The Labute approximate surface area is 393 Å². The fourth-order valence-corrected chi connectivity index (χ4v) is 10.8. The smallest absolute Gasteiger partial charge is 0.338 e. The van der Waals surface area contributed by atoms with Crippen molar-refractivity contribution in [2.45, 2.75) is 225 Å². The van der Waals surface area contributed by atoms with E-state index < -0.39 is 78.2 Å². The molecular weight excluding hydrogens is 841 g/mol. The number of aliphatic hydroxyl groups is 2. The van der Waals surface area contributed by atoms with E-state index in [1.807, 2.05) is 12.1 Å². The number of ether oxygens (including phenoxy) is 5. The summed E-state index contributed by atoms with van der Waals surface area (Å²) in [4.78, 5) is 54.1. The van der Waals surface area contributed by atoms with Crippen molar-refractivity contribution in [2.75, 3.05) is 6.61 Å². The van der Waals surface area contributed by atoms with Crippen LogP contribution in [0.2, 0.25) is 0 Å². The molecule has 2 saturated carbocycles. The highest BCUT2D eigenvalue weighted by Crippen LogP contribution is 2.60. The van der Waals surface area contributed by atoms with Crippen molar-refractivity contribution < 1.29 is 53.1 Å². The Morgan fingerprint density at radius 2 is 1.62 bits per heavy atom. The normalized spacial score (nSPS) is 29.4. The van der Waals surface area contributed by atoms with Crippen LogP contribution < -0.4 is 10.6 Å². The molecule has 10 atom stereocenters. The van der Waals surface area contributed by atoms with E-state index in [-0.39, 0.29) is 30.4 Å². The lowest BCUT2D eigenvalue weighted by molar-refractivity contribution is -0.190. The van der Waals surface area contributed by atoms with Gasteiger partial charge in [0.25, 0.3) is 0 Å². The molecule has 2 aliphatic heterocycles. The number of allylic oxidation sites excluding steroid dienone is 1. The predicted octanol–water partition coefficient (Wildman–Crippen LogP) is 8.42. The average Bonchev–Trinajstić information content (AvgIpc) is 3.73. The summed E-state index contributed by atoms with van der Waals surface area (Å²) in [5.41, 5.74) is 2.73. The fourth-order valence-electron chi connectivity index (χ4n) is 10.8. The molecule has 1 aromatic carbocycles. The van der Waals surface area contributed by atoms with Crippen LogP contribution in [-0.2, 0) is 38.1 Å². The molecule has 5 aliphatic rings. The largest absolute Gasteiger partial charge is 0.460 e. The molecule has 0 radical (unpaired) electrons. The zero-order valence-electron chi connectivity index (χ0n) is 41.2. The van der Waals surface area contributed by atoms with E-state index in [1.54, 1.807) is 39.0 Å². The Hall–Kier alpha value is -3.62. The quantitative estimate of drug-likeness (QED) is 0.0560. The minimum atomic E-state index is -1.40. The number of amides is 2. The van der Waals surface area contributed by atoms with Gasteiger partial charge >= 0.3 is 11.9 Å². The van der Waals surface area contributed by atoms with Crippen LogP contribution in [0, 0.1) is 17.3 Å². The maximum atomic E-state index is 14.1. The van der Waals surface area contributed by atoms with E-state index in [9.17, 15) is 29.4 Å². The Bertz CT molecular complexity index is 1910. The lowest BCUT2D eigenvalue weighted by atomic mass is 9.52. The number of benzene rings is 1. The zero-order valence-corrected chi connectivity index (χ0v) is 41.2. The molecule has 6 rings (SSSR count). The molecule has 4 fully saturated rings. The van der Waals surface area contributed by atoms with Crippen LogP contribution in [0.4, 0.5) is 0 Å². The van der Waals surface area contributed by atoms with Gasteiger partial charge in [0.05, 0.1) is 36.0 Å². The molecule has 0 aromatic heterocycles. The minimum Gasteiger partial charge on any atom is -0.460 e. The molecule has 13 heteroatoms. The predicted molar refractivity (Wildman–Crippen MR) is 252 cm³/mol. The van der Waals surface area contributed by atoms with Gasteiger partial charge in [0.1, 0.15) is 30.0 Å². The zero-order chi connectivity index (χ0) is 48.0. The fraction of sp³-hybridized carbons (Fsp3) is 0.736. The molecule has 2 amide bonds. The van der Waals surface area contributed by atoms with Crippen LogP contribution in [-0.4, -0.2) is 100 Å². The van der Waals surface area contributed by atoms with Gasteiger partial charge in [-0.15, -0.1) is 0 Å². The highest BCUT2D eigenvalue weighted by molar-refractivity contribution is 5.97. The van der Waals surface area contributed by atoms with Crippen LogP contribution in [0.25, 0.3) is 6.08 Å². The molecule has 2 saturated heterocycles. The third-order valence-corrected chi connectivity index (χ3v) is 14.7. The van der Waals surface area contributed by atoms with Crippen molar-refractivity contribution in [2.24, 2.45) is 17.3 Å². The summed E-state index contributed by atoms with van der Waals surface area (Å²) in [6.45, 7) is 17.5. The monoisotopic (exact) mass is 921 g/mol. The van der Waals surface area contributed by atoms with Gasteiger partial charge in [-0.3, -0.25) is 14.4 Å². The number of unbranched alkanes of at least 4 members (excludes halogenated alkanes) is 4. The second-order valence-corrected chi connectivity index (χ2v) is 21.8. The molecule has 1 aromatic rings. The molecule has 1 unspecified atom stereocenters. The maximum absolute atomic E-state index is 14.1. The van der Waals surface area contributed by atoms with E-state index in [4.69, 9.17) is 23.7 Å². The van der Waals surface area contributed by atoms with Crippen LogP contribution in [0.15, 0.2) is 41.5 Å². The summed E-state index contributed by atoms with van der Waals surface area (Å²) in [5.74, 6) is -2.15. The van der Waals surface area contributed by atoms with E-state index in [0.29, 0.717) is 41.8 Å². The topological polar surface area (TPSA) is 182 Å². The number of hydrogen-bond acceptors (Lipinski definition) is 11. The van der Waals surface area contributed by atoms with Gasteiger partial charge in [-0.2, -0.15) is 0 Å². The number of nitrogens with one attached hydrogen (secondary N) is 2. The van der Waals surface area contributed by atoms with Gasteiger partial charge in [-0.1, -0.05) is 77.2 Å². The Kier molecular flexibility index (Phi) is 17.1. The molecule has 3 aliphatic carbocycles. The molecule has 13 nitrogen and oxygen atoms in total. The van der Waals surface area contributed by atoms with Gasteiger partial charge in [0.2, 0.25) is 11.8 Å². The molecule has 2 heterocycles. The summed E-state index contributed by atoms with van der Waals surface area (Å²) < 4.78 is 31.4. The number of epoxide rings is 1. The Morgan fingerprint density at radius 3 is 2.23 bits per heavy atom. The lowest BCUT2D eigenvalue weighted by Gasteiger charge is -2.53. The number of fused-ring (bicyclic) bond motifs is 3. The molecule has 368 valence electrons. The number of rotatable bonds is 20. The maximum Gasteiger partial charge on any atom is 0.338 e. The second-order valence-electron chi connectivity index (χ2n) is 21.8. The third kappa shape index (κ3) is 13.1. The van der Waals surface area contributed by atoms with Crippen molar-refractivity contribution in [3.05, 3.63) is 52.6 Å². The van der Waals surface area contributed by atoms with E-state index in [2.05, 4.69) is 51.3 Å². The van der Waals surface area contributed by atoms with Crippen molar-refractivity contribution in [1.82, 2.24) is 10.6 Å². The minimum absolute atomic E-state index is 0.0156. The summed E-state index contributed by atoms with van der Waals surface area (Å²) >= 11 is 0. The second kappa shape index (κ2) is 21.8. The molecule has 0 spiro atoms. The number of carbonyl (C=O) groups excluding carboxylic acids is 4. The summed E-state index contributed by atoms with van der Waals surface area (Å²) in [5, 5.41) is 26.1. The number of esters is 2.